The lowest BCUT2D eigenvalue weighted by Gasteiger charge is -2.39. The van der Waals surface area contributed by atoms with Gasteiger partial charge in [-0.25, -0.2) is 51.2 Å². The summed E-state index contributed by atoms with van der Waals surface area (Å²) in [6.45, 7) is 2.10. The van der Waals surface area contributed by atoms with Gasteiger partial charge in [0, 0.05) is 90.7 Å². The number of nitrogens with one attached hydrogen (secondary N) is 3. The summed E-state index contributed by atoms with van der Waals surface area (Å²) in [5.74, 6) is 0.861. The Hall–Kier alpha value is -5.83. The third-order valence-corrected chi connectivity index (χ3v) is 21.8. The minimum absolute atomic E-state index is 0.00632. The van der Waals surface area contributed by atoms with Crippen LogP contribution in [0.5, 0.6) is 11.5 Å². The van der Waals surface area contributed by atoms with E-state index in [1.807, 2.05) is 0 Å². The molecule has 1 fully saturated rings. The number of phosphoric acid groups is 3. The number of nitrogens with two attached hydrogens (primary N) is 1. The van der Waals surface area contributed by atoms with Crippen LogP contribution in [0.2, 0.25) is 0 Å². The molecule has 464 valence electrons. The van der Waals surface area contributed by atoms with E-state index >= 15 is 0 Å². The molecule has 3 unspecified atom stereocenters. The van der Waals surface area contributed by atoms with E-state index in [0.29, 0.717) is 29.9 Å². The Morgan fingerprint density at radius 3 is 2.31 bits per heavy atom. The molecule has 2 aromatic heterocycles. The predicted octanol–water partition coefficient (Wildman–Crippen LogP) is 1.44. The zero-order chi connectivity index (χ0) is 61.1. The fraction of sp³-hybridized carbons (Fsp3) is 0.480. The van der Waals surface area contributed by atoms with Crippen molar-refractivity contribution in [1.29, 1.82) is 0 Å². The lowest BCUT2D eigenvalue weighted by atomic mass is 9.82. The number of aliphatic hydroxyl groups excluding tert-OH is 1. The van der Waals surface area contributed by atoms with Gasteiger partial charge in [-0.3, -0.25) is 18.4 Å². The van der Waals surface area contributed by atoms with E-state index in [4.69, 9.17) is 34.3 Å². The monoisotopic (exact) mass is 1300 g/mol. The van der Waals surface area contributed by atoms with Gasteiger partial charge in [0.25, 0.3) is 10.1 Å². The van der Waals surface area contributed by atoms with Gasteiger partial charge in [0.05, 0.1) is 28.3 Å². The normalized spacial score (nSPS) is 21.3. The van der Waals surface area contributed by atoms with E-state index in [1.165, 1.54) is 27.7 Å². The second kappa shape index (κ2) is 24.3. The van der Waals surface area contributed by atoms with Crippen molar-refractivity contribution in [3.63, 3.8) is 0 Å². The molecule has 11 rings (SSSR count). The van der Waals surface area contributed by atoms with Crippen molar-refractivity contribution >= 4 is 83.9 Å². The van der Waals surface area contributed by atoms with E-state index in [1.54, 1.807) is 0 Å². The van der Waals surface area contributed by atoms with Crippen LogP contribution in [-0.2, 0) is 86.9 Å². The molecule has 0 aliphatic carbocycles. The summed E-state index contributed by atoms with van der Waals surface area (Å²) >= 11 is 0. The highest BCUT2D eigenvalue weighted by molar-refractivity contribution is 7.89. The van der Waals surface area contributed by atoms with Crippen molar-refractivity contribution in [1.82, 2.24) is 39.5 Å². The Balaban J connectivity index is 0.725. The van der Waals surface area contributed by atoms with E-state index in [9.17, 15) is 59.6 Å². The number of aromatic nitrogens is 4. The molecule has 6 aliphatic heterocycles. The quantitative estimate of drug-likeness (QED) is 0.0199. The molecule has 11 N–H and O–H groups in total. The summed E-state index contributed by atoms with van der Waals surface area (Å²) in [4.78, 5) is 76.8. The number of fused-ring (bicyclic) bond motifs is 5. The summed E-state index contributed by atoms with van der Waals surface area (Å²) in [6, 6.07) is 7.87. The first-order chi connectivity index (χ1) is 40.8. The van der Waals surface area contributed by atoms with Crippen LogP contribution in [0.15, 0.2) is 52.8 Å². The minimum atomic E-state index is -5.92. The van der Waals surface area contributed by atoms with Gasteiger partial charge in [0.2, 0.25) is 21.3 Å². The number of hydrogen-bond donors (Lipinski definition) is 10. The van der Waals surface area contributed by atoms with Crippen molar-refractivity contribution in [2.75, 3.05) is 63.1 Å². The van der Waals surface area contributed by atoms with Gasteiger partial charge in [0.15, 0.2) is 23.8 Å². The van der Waals surface area contributed by atoms with Crippen LogP contribution < -0.4 is 45.9 Å². The number of aryl methyl sites for hydroxylation is 2. The molecule has 36 heteroatoms. The number of aliphatic hydroxyl groups is 1. The topological polar surface area (TPSA) is 442 Å². The van der Waals surface area contributed by atoms with Crippen LogP contribution in [0.1, 0.15) is 91.0 Å². The van der Waals surface area contributed by atoms with E-state index in [0.717, 1.165) is 129 Å². The summed E-state index contributed by atoms with van der Waals surface area (Å²) in [6.07, 6.45) is 2.12. The van der Waals surface area contributed by atoms with Crippen molar-refractivity contribution in [2.45, 2.75) is 111 Å². The highest BCUT2D eigenvalue weighted by Gasteiger charge is 2.50. The number of carbonyl (C=O) groups is 2. The van der Waals surface area contributed by atoms with Crippen molar-refractivity contribution < 1.29 is 96.7 Å². The van der Waals surface area contributed by atoms with Gasteiger partial charge in [-0.1, -0.05) is 12.5 Å². The highest BCUT2D eigenvalue weighted by atomic mass is 32.2. The van der Waals surface area contributed by atoms with E-state index < -0.39 is 91.7 Å². The number of hydrogen-bond acceptors (Lipinski definition) is 21. The van der Waals surface area contributed by atoms with Crippen molar-refractivity contribution in [3.8, 4) is 11.5 Å². The van der Waals surface area contributed by atoms with Crippen molar-refractivity contribution in [3.05, 3.63) is 86.9 Å². The van der Waals surface area contributed by atoms with E-state index in [2.05, 4.69) is 60.5 Å². The number of nitrogens with zero attached hydrogens (tertiary/aromatic N) is 6. The molecule has 0 bridgehead atoms. The van der Waals surface area contributed by atoms with Gasteiger partial charge in [0.1, 0.15) is 48.6 Å². The number of nitrogen functional groups attached to an aromatic ring is 1. The maximum Gasteiger partial charge on any atom is 0.490 e. The highest BCUT2D eigenvalue weighted by Crippen LogP contribution is 2.66. The Labute approximate surface area is 490 Å². The first-order valence-corrected chi connectivity index (χ1v) is 35.0. The van der Waals surface area contributed by atoms with Gasteiger partial charge in [-0.15, -0.1) is 0 Å². The Bertz CT molecular complexity index is 4090. The average molecular weight is 1300 g/mol. The third kappa shape index (κ3) is 13.0. The Morgan fingerprint density at radius 2 is 1.55 bits per heavy atom. The largest absolute Gasteiger partial charge is 0.490 e. The van der Waals surface area contributed by atoms with Crippen LogP contribution in [0.3, 0.4) is 0 Å². The molecule has 31 nitrogen and oxygen atoms in total. The fourth-order valence-corrected chi connectivity index (χ4v) is 17.1. The first kappa shape index (κ1) is 61.8. The van der Waals surface area contributed by atoms with Crippen molar-refractivity contribution in [2.24, 2.45) is 0 Å². The molecule has 8 heterocycles. The molecular formula is C50H62N10O21P3S2+. The van der Waals surface area contributed by atoms with Gasteiger partial charge in [-0.2, -0.15) is 17.0 Å². The van der Waals surface area contributed by atoms with Crippen LogP contribution >= 0.6 is 23.5 Å². The number of sulfonamides is 1. The number of amides is 2. The number of alkyl carbamates (subject to hydrolysis) is 1. The number of phosphoric ester groups is 1. The number of benzene rings is 3. The molecule has 5 aromatic rings. The minimum Gasteiger partial charge on any atom is -0.455 e. The number of anilines is 2. The number of unbranched alkanes of at least 4 members (excludes halogenated alkanes) is 2. The van der Waals surface area contributed by atoms with Gasteiger partial charge in [-0.05, 0) is 81.2 Å². The maximum atomic E-state index is 14.7. The molecule has 0 saturated carbocycles. The van der Waals surface area contributed by atoms with Crippen LogP contribution in [-0.4, -0.2) is 148 Å². The molecule has 6 aliphatic rings. The standard InChI is InChI=1S/C50H61N10O21P3S2/c51-47-40-48(55-26-54-47)60(27-56-40)49-43(62)46(36(77-49)25-76-83(67,68)81-84(69,70)80-82(64,65)66)79-50(63)53-17-16-52-38(61)12-2-1-3-15-57-85(71,72)37-24-30(86(73,74)75)13-14-31(37)39-34-22-28-8-4-18-58-20-6-10-32(41(28)58)44(34)78-45-33-11-7-21-59-19-5-9-29(42(33)59)23-35(39)45/h13-14,22-24,26-27,36,43,46,49,57,62H,1-12,15-21,25H2,(H8-,51,52,53,54,55,61,63,64,65,66,67,68,69,70,73,74,75)/p+1/t36-,43-,46-,49?/m1/s1. The number of carbonyl (C=O) groups excluding carboxylic acids is 2. The second-order valence-electron chi connectivity index (χ2n) is 21.4. The zero-order valence-corrected chi connectivity index (χ0v) is 50.0. The smallest absolute Gasteiger partial charge is 0.455 e. The molecular weight excluding hydrogens is 1230 g/mol. The van der Waals surface area contributed by atoms with E-state index in [-0.39, 0.29) is 59.9 Å². The summed E-state index contributed by atoms with van der Waals surface area (Å²) < 4.78 is 137. The Morgan fingerprint density at radius 1 is 0.814 bits per heavy atom. The summed E-state index contributed by atoms with van der Waals surface area (Å²) in [7, 11) is -26.7. The predicted molar refractivity (Wildman–Crippen MR) is 301 cm³/mol. The molecule has 1 saturated heterocycles. The van der Waals surface area contributed by atoms with Gasteiger partial charge < -0.3 is 60.2 Å². The van der Waals surface area contributed by atoms with Gasteiger partial charge >= 0.3 is 29.6 Å². The molecule has 2 amide bonds. The maximum absolute atomic E-state index is 14.7. The lowest BCUT2D eigenvalue weighted by molar-refractivity contribution is -0.121. The average Bonchev–Trinajstić information content (AvgIpc) is 2.49. The summed E-state index contributed by atoms with van der Waals surface area (Å²) in [5, 5.41) is 18.2. The Kier molecular flexibility index (Phi) is 17.4. The van der Waals surface area contributed by atoms with Crippen LogP contribution in [0.25, 0.3) is 16.7 Å². The molecule has 86 heavy (non-hydrogen) atoms. The lowest BCUT2D eigenvalue weighted by Crippen LogP contribution is -2.45. The fourth-order valence-electron chi connectivity index (χ4n) is 12.1. The first-order valence-electron chi connectivity index (χ1n) is 27.6. The SMILES string of the molecule is Nc1ncnc2c1ncn2C1O[C@H](COP(=O)(O)OP(=O)(O)OP(=O)(O)O)[C@@H](OC(=O)NCCNC(=O)CCCCCNS(=O)(=O)c2cc(S(=O)(=O)O)ccc2C2=c3cc4c5c(c3Oc3c2cc2c6c3CCCN6CCC2)CCC[N+]=5CCC4)[C@H]1O. The second-order valence-corrected chi connectivity index (χ2v) is 28.9. The molecule has 0 spiro atoms. The number of imidazole rings is 1. The van der Waals surface area contributed by atoms with Crippen LogP contribution in [0, 0.1) is 0 Å². The number of rotatable bonds is 22. The third-order valence-electron chi connectivity index (χ3n) is 15.6. The molecule has 3 aromatic carbocycles. The molecule has 0 radical (unpaired) electrons. The number of ether oxygens (including phenoxy) is 3. The zero-order valence-electron chi connectivity index (χ0n) is 45.7. The van der Waals surface area contributed by atoms with Crippen LogP contribution in [0.4, 0.5) is 16.3 Å². The molecule has 6 atom stereocenters. The summed E-state index contributed by atoms with van der Waals surface area (Å²) in [5.41, 5.74) is 13.2.